The van der Waals surface area contributed by atoms with E-state index in [0.717, 1.165) is 5.56 Å². The third-order valence-electron chi connectivity index (χ3n) is 5.49. The van der Waals surface area contributed by atoms with Crippen LogP contribution in [0, 0.1) is 11.3 Å². The normalized spacial score (nSPS) is 24.0. The summed E-state index contributed by atoms with van der Waals surface area (Å²) in [7, 11) is 0. The highest BCUT2D eigenvalue weighted by molar-refractivity contribution is 5.78. The Labute approximate surface area is 170 Å². The molecular formula is C21H27N2O6-. The minimum Gasteiger partial charge on any atom is -0.549 e. The lowest BCUT2D eigenvalue weighted by molar-refractivity contribution is -0.322. The van der Waals surface area contributed by atoms with Crippen molar-refractivity contribution in [3.05, 3.63) is 35.9 Å². The molecule has 0 bridgehead atoms. The van der Waals surface area contributed by atoms with E-state index in [0.29, 0.717) is 0 Å². The van der Waals surface area contributed by atoms with E-state index in [1.807, 2.05) is 30.3 Å². The van der Waals surface area contributed by atoms with Gasteiger partial charge in [-0.05, 0) is 32.8 Å². The third-order valence-corrected chi connectivity index (χ3v) is 5.49. The Morgan fingerprint density at radius 3 is 2.38 bits per heavy atom. The lowest BCUT2D eigenvalue weighted by atomic mass is 9.72. The van der Waals surface area contributed by atoms with Crippen LogP contribution in [0.25, 0.3) is 0 Å². The van der Waals surface area contributed by atoms with Crippen LogP contribution in [0.1, 0.15) is 32.8 Å². The molecule has 2 amide bonds. The Balaban J connectivity index is 1.65. The molecule has 2 saturated heterocycles. The van der Waals surface area contributed by atoms with Crippen molar-refractivity contribution in [1.29, 1.82) is 0 Å². The number of carbonyl (C=O) groups is 3. The van der Waals surface area contributed by atoms with Crippen LogP contribution in [0.3, 0.4) is 0 Å². The largest absolute Gasteiger partial charge is 0.549 e. The summed E-state index contributed by atoms with van der Waals surface area (Å²) in [5, 5.41) is 12.0. The molecule has 2 aliphatic rings. The fraction of sp³-hybridized carbons (Fsp3) is 0.571. The first-order chi connectivity index (χ1) is 13.6. The van der Waals surface area contributed by atoms with Crippen LogP contribution in [0.15, 0.2) is 30.3 Å². The van der Waals surface area contributed by atoms with E-state index in [4.69, 9.17) is 9.47 Å². The summed E-state index contributed by atoms with van der Waals surface area (Å²) in [5.74, 6) is -1.62. The van der Waals surface area contributed by atoms with Gasteiger partial charge in [-0.1, -0.05) is 30.3 Å². The van der Waals surface area contributed by atoms with Gasteiger partial charge in [0.1, 0.15) is 12.2 Å². The van der Waals surface area contributed by atoms with E-state index in [1.165, 1.54) is 9.80 Å². The molecule has 158 valence electrons. The maximum atomic E-state index is 12.5. The Kier molecular flexibility index (Phi) is 5.73. The van der Waals surface area contributed by atoms with Gasteiger partial charge in [0.05, 0.1) is 0 Å². The van der Waals surface area contributed by atoms with Crippen LogP contribution in [0.4, 0.5) is 9.59 Å². The molecule has 0 saturated carbocycles. The number of piperidine rings is 1. The summed E-state index contributed by atoms with van der Waals surface area (Å²) >= 11 is 0. The average molecular weight is 403 g/mol. The first-order valence-electron chi connectivity index (χ1n) is 9.76. The third kappa shape index (κ3) is 4.63. The number of hydrogen-bond acceptors (Lipinski definition) is 6. The predicted molar refractivity (Wildman–Crippen MR) is 102 cm³/mol. The minimum atomic E-state index is -1.19. The molecule has 0 aliphatic carbocycles. The van der Waals surface area contributed by atoms with Gasteiger partial charge in [-0.3, -0.25) is 0 Å². The second-order valence-corrected chi connectivity index (χ2v) is 8.74. The summed E-state index contributed by atoms with van der Waals surface area (Å²) in [6.07, 6.45) is -0.832. The molecule has 0 spiro atoms. The zero-order valence-electron chi connectivity index (χ0n) is 17.1. The van der Waals surface area contributed by atoms with Gasteiger partial charge in [-0.25, -0.2) is 9.59 Å². The van der Waals surface area contributed by atoms with E-state index < -0.39 is 35.1 Å². The molecule has 1 aromatic carbocycles. The summed E-state index contributed by atoms with van der Waals surface area (Å²) in [4.78, 5) is 39.8. The summed E-state index contributed by atoms with van der Waals surface area (Å²) in [6.45, 7) is 6.08. The predicted octanol–water partition coefficient (Wildman–Crippen LogP) is 1.63. The molecule has 1 aromatic rings. The maximum absolute atomic E-state index is 12.5. The number of rotatable bonds is 3. The Hall–Kier alpha value is -2.77. The Morgan fingerprint density at radius 2 is 1.76 bits per heavy atom. The number of carbonyl (C=O) groups excluding carboxylic acids is 3. The van der Waals surface area contributed by atoms with Crippen LogP contribution in [0.2, 0.25) is 0 Å². The van der Waals surface area contributed by atoms with E-state index >= 15 is 0 Å². The number of benzene rings is 1. The molecule has 2 atom stereocenters. The summed E-state index contributed by atoms with van der Waals surface area (Å²) < 4.78 is 10.8. The van der Waals surface area contributed by atoms with Crippen molar-refractivity contribution in [2.45, 2.75) is 39.4 Å². The zero-order chi connectivity index (χ0) is 21.2. The molecule has 2 aliphatic heterocycles. The first kappa shape index (κ1) is 21.0. The Bertz CT molecular complexity index is 775. The average Bonchev–Trinajstić information content (AvgIpc) is 3.06. The molecule has 3 rings (SSSR count). The van der Waals surface area contributed by atoms with Crippen LogP contribution >= 0.6 is 0 Å². The lowest BCUT2D eigenvalue weighted by Gasteiger charge is -2.43. The molecule has 29 heavy (non-hydrogen) atoms. The number of carboxylic acid groups (broad SMARTS) is 1. The van der Waals surface area contributed by atoms with E-state index in [-0.39, 0.29) is 39.2 Å². The molecule has 8 heteroatoms. The van der Waals surface area contributed by atoms with Crippen molar-refractivity contribution < 1.29 is 29.0 Å². The monoisotopic (exact) mass is 403 g/mol. The van der Waals surface area contributed by atoms with Crippen molar-refractivity contribution in [3.63, 3.8) is 0 Å². The van der Waals surface area contributed by atoms with Crippen molar-refractivity contribution in [1.82, 2.24) is 9.80 Å². The zero-order valence-corrected chi connectivity index (χ0v) is 17.1. The number of carboxylic acids is 1. The maximum Gasteiger partial charge on any atom is 0.410 e. The van der Waals surface area contributed by atoms with Gasteiger partial charge >= 0.3 is 12.2 Å². The van der Waals surface area contributed by atoms with Gasteiger partial charge in [0, 0.05) is 43.5 Å². The second-order valence-electron chi connectivity index (χ2n) is 8.74. The topological polar surface area (TPSA) is 99.2 Å². The molecule has 0 aromatic heterocycles. The van der Waals surface area contributed by atoms with Crippen LogP contribution in [0.5, 0.6) is 0 Å². The number of aliphatic carboxylic acids is 1. The first-order valence-corrected chi connectivity index (χ1v) is 9.76. The number of ether oxygens (including phenoxy) is 2. The molecular weight excluding hydrogens is 376 g/mol. The molecule has 8 nitrogen and oxygen atoms in total. The summed E-state index contributed by atoms with van der Waals surface area (Å²) in [5.41, 5.74) is -0.973. The van der Waals surface area contributed by atoms with Crippen molar-refractivity contribution in [2.24, 2.45) is 11.3 Å². The van der Waals surface area contributed by atoms with Crippen molar-refractivity contribution in [2.75, 3.05) is 26.2 Å². The second kappa shape index (κ2) is 7.93. The molecule has 2 fully saturated rings. The van der Waals surface area contributed by atoms with Crippen LogP contribution < -0.4 is 5.11 Å². The number of hydrogen-bond donors (Lipinski definition) is 0. The van der Waals surface area contributed by atoms with Crippen molar-refractivity contribution >= 4 is 18.2 Å². The molecule has 0 N–H and O–H groups in total. The van der Waals surface area contributed by atoms with Crippen molar-refractivity contribution in [3.8, 4) is 0 Å². The van der Waals surface area contributed by atoms with Crippen LogP contribution in [-0.4, -0.2) is 59.7 Å². The van der Waals surface area contributed by atoms with Crippen LogP contribution in [-0.2, 0) is 20.9 Å². The van der Waals surface area contributed by atoms with Gasteiger partial charge in [0.2, 0.25) is 0 Å². The Morgan fingerprint density at radius 1 is 1.10 bits per heavy atom. The molecule has 2 heterocycles. The number of fused-ring (bicyclic) bond motifs is 1. The number of nitrogens with zero attached hydrogens (tertiary/aromatic N) is 2. The molecule has 0 radical (unpaired) electrons. The van der Waals surface area contributed by atoms with E-state index in [1.54, 1.807) is 20.8 Å². The standard InChI is InChI=1S/C21H28N2O6/c1-20(2,3)29-19(27)23-12-16-11-22(10-9-21(16,14-23)17(24)25)18(26)28-13-15-7-5-4-6-8-15/h4-8,16H,9-14H2,1-3H3,(H,24,25)/p-1/t16-,21-/m1/s1. The van der Waals surface area contributed by atoms with Gasteiger partial charge < -0.3 is 29.2 Å². The van der Waals surface area contributed by atoms with E-state index in [2.05, 4.69) is 0 Å². The minimum absolute atomic E-state index is 0.0296. The highest BCUT2D eigenvalue weighted by atomic mass is 16.6. The number of amides is 2. The smallest absolute Gasteiger partial charge is 0.410 e. The van der Waals surface area contributed by atoms with Gasteiger partial charge in [-0.2, -0.15) is 0 Å². The van der Waals surface area contributed by atoms with Gasteiger partial charge in [-0.15, -0.1) is 0 Å². The van der Waals surface area contributed by atoms with Gasteiger partial charge in [0.25, 0.3) is 0 Å². The van der Waals surface area contributed by atoms with Gasteiger partial charge in [0.15, 0.2) is 0 Å². The highest BCUT2D eigenvalue weighted by Gasteiger charge is 2.53. The number of likely N-dealkylation sites (tertiary alicyclic amines) is 2. The molecule has 0 unspecified atom stereocenters. The fourth-order valence-corrected chi connectivity index (χ4v) is 3.96. The fourth-order valence-electron chi connectivity index (χ4n) is 3.96. The lowest BCUT2D eigenvalue weighted by Crippen LogP contribution is -2.56. The highest BCUT2D eigenvalue weighted by Crippen LogP contribution is 2.43. The summed E-state index contributed by atoms with van der Waals surface area (Å²) in [6, 6.07) is 9.33. The SMILES string of the molecule is CC(C)(C)OC(=O)N1C[C@H]2CN(C(=O)OCc3ccccc3)CC[C@@]2(C(=O)[O-])C1. The quantitative estimate of drug-likeness (QED) is 0.761. The van der Waals surface area contributed by atoms with E-state index in [9.17, 15) is 19.5 Å².